The largest absolute Gasteiger partial charge is 0.343 e. The number of carbonyl (C=O) groups excluding carboxylic acids is 1. The first kappa shape index (κ1) is 14.4. The van der Waals surface area contributed by atoms with Gasteiger partial charge in [0.2, 0.25) is 5.91 Å². The molecule has 1 atom stereocenters. The molecule has 3 nitrogen and oxygen atoms in total. The lowest BCUT2D eigenvalue weighted by molar-refractivity contribution is -0.131. The second-order valence-corrected chi connectivity index (χ2v) is 4.47. The number of amides is 1. The van der Waals surface area contributed by atoms with Crippen molar-refractivity contribution in [1.29, 1.82) is 0 Å². The molecule has 0 aromatic heterocycles. The molecule has 0 aliphatic carbocycles. The molecule has 0 spiro atoms. The maximum atomic E-state index is 11.7. The van der Waals surface area contributed by atoms with E-state index in [4.69, 9.17) is 0 Å². The molecule has 0 fully saturated rings. The Morgan fingerprint density at radius 3 is 2.13 bits per heavy atom. The lowest BCUT2D eigenvalue weighted by Crippen LogP contribution is -2.37. The van der Waals surface area contributed by atoms with Crippen LogP contribution in [0.25, 0.3) is 0 Å². The first-order valence-electron chi connectivity index (χ1n) is 6.02. The summed E-state index contributed by atoms with van der Waals surface area (Å²) in [4.78, 5) is 13.6. The van der Waals surface area contributed by atoms with E-state index in [0.29, 0.717) is 12.3 Å². The van der Waals surface area contributed by atoms with Crippen LogP contribution in [0.3, 0.4) is 0 Å². The average molecular weight is 214 g/mol. The molecule has 0 aliphatic rings. The van der Waals surface area contributed by atoms with Crippen LogP contribution in [0.2, 0.25) is 0 Å². The Kier molecular flexibility index (Phi) is 7.39. The van der Waals surface area contributed by atoms with E-state index in [9.17, 15) is 4.79 Å². The maximum Gasteiger partial charge on any atom is 0.224 e. The van der Waals surface area contributed by atoms with Crippen molar-refractivity contribution in [3.63, 3.8) is 0 Å². The highest BCUT2D eigenvalue weighted by atomic mass is 16.2. The minimum Gasteiger partial charge on any atom is -0.343 e. The summed E-state index contributed by atoms with van der Waals surface area (Å²) < 4.78 is 0. The molecule has 0 radical (unpaired) electrons. The van der Waals surface area contributed by atoms with Crippen LogP contribution in [0, 0.1) is 5.92 Å². The predicted molar refractivity (Wildman–Crippen MR) is 64.8 cm³/mol. The van der Waals surface area contributed by atoms with Crippen molar-refractivity contribution in [3.05, 3.63) is 0 Å². The van der Waals surface area contributed by atoms with Gasteiger partial charge in [-0.15, -0.1) is 0 Å². The van der Waals surface area contributed by atoms with E-state index >= 15 is 0 Å². The molecule has 0 aliphatic heterocycles. The van der Waals surface area contributed by atoms with Crippen LogP contribution in [-0.2, 0) is 4.79 Å². The van der Waals surface area contributed by atoms with Gasteiger partial charge >= 0.3 is 0 Å². The fraction of sp³-hybridized carbons (Fsp3) is 0.917. The number of hydrogen-bond donors (Lipinski definition) is 1. The highest BCUT2D eigenvalue weighted by Gasteiger charge is 2.13. The quantitative estimate of drug-likeness (QED) is 0.702. The summed E-state index contributed by atoms with van der Waals surface area (Å²) in [5, 5.41) is 3.37. The molecule has 0 aromatic rings. The van der Waals surface area contributed by atoms with Crippen LogP contribution in [-0.4, -0.2) is 36.5 Å². The van der Waals surface area contributed by atoms with Crippen molar-refractivity contribution < 1.29 is 4.79 Å². The van der Waals surface area contributed by atoms with Gasteiger partial charge in [-0.3, -0.25) is 4.79 Å². The number of rotatable bonds is 7. The molecule has 0 aromatic carbocycles. The molecule has 0 saturated heterocycles. The number of nitrogens with one attached hydrogen (secondary N) is 1. The zero-order chi connectivity index (χ0) is 11.8. The molecule has 15 heavy (non-hydrogen) atoms. The molecular weight excluding hydrogens is 188 g/mol. The van der Waals surface area contributed by atoms with Gasteiger partial charge in [0.05, 0.1) is 0 Å². The van der Waals surface area contributed by atoms with Crippen LogP contribution < -0.4 is 5.32 Å². The normalized spacial score (nSPS) is 12.9. The van der Waals surface area contributed by atoms with Gasteiger partial charge in [0.1, 0.15) is 0 Å². The van der Waals surface area contributed by atoms with Gasteiger partial charge in [0, 0.05) is 25.6 Å². The minimum atomic E-state index is 0.253. The molecule has 0 rings (SSSR count). The summed E-state index contributed by atoms with van der Waals surface area (Å²) in [5.41, 5.74) is 0. The molecule has 3 heteroatoms. The zero-order valence-electron chi connectivity index (χ0n) is 10.8. The van der Waals surface area contributed by atoms with Crippen molar-refractivity contribution in [2.75, 3.05) is 19.6 Å². The molecule has 90 valence electrons. The number of hydrogen-bond acceptors (Lipinski definition) is 2. The lowest BCUT2D eigenvalue weighted by Gasteiger charge is -2.22. The van der Waals surface area contributed by atoms with Crippen LogP contribution in [0.4, 0.5) is 0 Å². The standard InChI is InChI=1S/C12H26N2O/c1-6-14(7-2)12(15)8-11(5)13-9-10(3)4/h10-11,13H,6-9H2,1-5H3. The minimum absolute atomic E-state index is 0.253. The first-order valence-corrected chi connectivity index (χ1v) is 6.02. The van der Waals surface area contributed by atoms with Crippen molar-refractivity contribution in [3.8, 4) is 0 Å². The highest BCUT2D eigenvalue weighted by Crippen LogP contribution is 1.99. The van der Waals surface area contributed by atoms with Crippen molar-refractivity contribution >= 4 is 5.91 Å². The van der Waals surface area contributed by atoms with E-state index in [1.165, 1.54) is 0 Å². The van der Waals surface area contributed by atoms with Crippen LogP contribution in [0.1, 0.15) is 41.0 Å². The summed E-state index contributed by atoms with van der Waals surface area (Å²) in [6.07, 6.45) is 0.606. The number of nitrogens with zero attached hydrogens (tertiary/aromatic N) is 1. The predicted octanol–water partition coefficient (Wildman–Crippen LogP) is 1.88. The Labute approximate surface area is 94.2 Å². The van der Waals surface area contributed by atoms with Crippen molar-refractivity contribution in [2.45, 2.75) is 47.1 Å². The van der Waals surface area contributed by atoms with E-state index in [2.05, 4.69) is 26.1 Å². The van der Waals surface area contributed by atoms with Gasteiger partial charge in [-0.05, 0) is 33.2 Å². The highest BCUT2D eigenvalue weighted by molar-refractivity contribution is 5.76. The SMILES string of the molecule is CCN(CC)C(=O)CC(C)NCC(C)C. The average Bonchev–Trinajstić information content (AvgIpc) is 2.16. The van der Waals surface area contributed by atoms with Gasteiger partial charge in [-0.2, -0.15) is 0 Å². The Bertz CT molecular complexity index is 176. The third-order valence-corrected chi connectivity index (χ3v) is 2.47. The molecule has 0 heterocycles. The molecular formula is C12H26N2O. The molecule has 1 amide bonds. The third-order valence-electron chi connectivity index (χ3n) is 2.47. The first-order chi connectivity index (χ1) is 7.01. The number of carbonyl (C=O) groups is 1. The van der Waals surface area contributed by atoms with Crippen molar-refractivity contribution in [1.82, 2.24) is 10.2 Å². The monoisotopic (exact) mass is 214 g/mol. The summed E-state index contributed by atoms with van der Waals surface area (Å²) in [6, 6.07) is 0.278. The Morgan fingerprint density at radius 1 is 1.20 bits per heavy atom. The molecule has 0 saturated carbocycles. The van der Waals surface area contributed by atoms with Crippen LogP contribution >= 0.6 is 0 Å². The fourth-order valence-electron chi connectivity index (χ4n) is 1.48. The van der Waals surface area contributed by atoms with Gasteiger partial charge in [-0.25, -0.2) is 0 Å². The fourth-order valence-corrected chi connectivity index (χ4v) is 1.48. The summed E-state index contributed by atoms with van der Waals surface area (Å²) >= 11 is 0. The second-order valence-electron chi connectivity index (χ2n) is 4.47. The van der Waals surface area contributed by atoms with Gasteiger partial charge in [0.15, 0.2) is 0 Å². The second kappa shape index (κ2) is 7.69. The smallest absolute Gasteiger partial charge is 0.224 e. The molecule has 1 N–H and O–H groups in total. The van der Waals surface area contributed by atoms with E-state index in [-0.39, 0.29) is 11.9 Å². The van der Waals surface area contributed by atoms with Gasteiger partial charge in [0.25, 0.3) is 0 Å². The molecule has 1 unspecified atom stereocenters. The summed E-state index contributed by atoms with van der Waals surface area (Å²) in [7, 11) is 0. The van der Waals surface area contributed by atoms with E-state index in [1.54, 1.807) is 0 Å². The van der Waals surface area contributed by atoms with Gasteiger partial charge in [-0.1, -0.05) is 13.8 Å². The topological polar surface area (TPSA) is 32.3 Å². The van der Waals surface area contributed by atoms with Gasteiger partial charge < -0.3 is 10.2 Å². The van der Waals surface area contributed by atoms with E-state index in [1.807, 2.05) is 18.7 Å². The summed E-state index contributed by atoms with van der Waals surface area (Å²) in [6.45, 7) is 13.1. The Morgan fingerprint density at radius 2 is 1.73 bits per heavy atom. The Hall–Kier alpha value is -0.570. The zero-order valence-corrected chi connectivity index (χ0v) is 10.8. The van der Waals surface area contributed by atoms with Crippen molar-refractivity contribution in [2.24, 2.45) is 5.92 Å². The third kappa shape index (κ3) is 6.50. The van der Waals surface area contributed by atoms with Crippen LogP contribution in [0.15, 0.2) is 0 Å². The summed E-state index contributed by atoms with van der Waals surface area (Å²) in [5.74, 6) is 0.889. The molecule has 0 bridgehead atoms. The van der Waals surface area contributed by atoms with Crippen LogP contribution in [0.5, 0.6) is 0 Å². The Balaban J connectivity index is 3.84. The van der Waals surface area contributed by atoms with E-state index < -0.39 is 0 Å². The van der Waals surface area contributed by atoms with E-state index in [0.717, 1.165) is 19.6 Å². The maximum absolute atomic E-state index is 11.7. The lowest BCUT2D eigenvalue weighted by atomic mass is 10.1.